The van der Waals surface area contributed by atoms with Gasteiger partial charge in [0.05, 0.1) is 11.5 Å². The maximum atomic E-state index is 12.0. The summed E-state index contributed by atoms with van der Waals surface area (Å²) in [6.45, 7) is 0.595. The molecule has 0 fully saturated rings. The Balaban J connectivity index is 1.75. The normalized spacial score (nSPS) is 11.3. The van der Waals surface area contributed by atoms with Gasteiger partial charge in [-0.15, -0.1) is 11.3 Å². The molecule has 6 nitrogen and oxygen atoms in total. The van der Waals surface area contributed by atoms with Crippen LogP contribution in [0.3, 0.4) is 0 Å². The van der Waals surface area contributed by atoms with Crippen molar-refractivity contribution < 1.29 is 13.2 Å². The third kappa shape index (κ3) is 5.74. The molecule has 0 radical (unpaired) electrons. The molecule has 0 saturated carbocycles. The zero-order chi connectivity index (χ0) is 16.7. The SMILES string of the molecule is NCc1nc(C(=O)NCCCS(=O)(=O)Cc2ccccc2)cs1. The quantitative estimate of drug-likeness (QED) is 0.697. The van der Waals surface area contributed by atoms with Crippen LogP contribution >= 0.6 is 11.3 Å². The molecule has 0 aliphatic heterocycles. The minimum absolute atomic E-state index is 0.0216. The molecule has 0 bridgehead atoms. The number of hydrogen-bond donors (Lipinski definition) is 2. The van der Waals surface area contributed by atoms with Gasteiger partial charge >= 0.3 is 0 Å². The maximum Gasteiger partial charge on any atom is 0.270 e. The molecule has 0 spiro atoms. The first-order chi connectivity index (χ1) is 11.0. The highest BCUT2D eigenvalue weighted by Crippen LogP contribution is 2.09. The minimum atomic E-state index is -3.18. The van der Waals surface area contributed by atoms with Crippen molar-refractivity contribution >= 4 is 27.1 Å². The van der Waals surface area contributed by atoms with Crippen LogP contribution in [0, 0.1) is 0 Å². The Bertz CT molecular complexity index is 742. The number of amides is 1. The first kappa shape index (κ1) is 17.6. The van der Waals surface area contributed by atoms with Gasteiger partial charge in [-0.25, -0.2) is 13.4 Å². The van der Waals surface area contributed by atoms with Crippen molar-refractivity contribution in [2.45, 2.75) is 18.7 Å². The second-order valence-electron chi connectivity index (χ2n) is 5.02. The standard InChI is InChI=1S/C15H19N3O3S2/c16-9-14-18-13(10-22-14)15(19)17-7-4-8-23(20,21)11-12-5-2-1-3-6-12/h1-3,5-6,10H,4,7-9,11,16H2,(H,17,19). The summed E-state index contributed by atoms with van der Waals surface area (Å²) in [5.41, 5.74) is 6.54. The van der Waals surface area contributed by atoms with Crippen molar-refractivity contribution in [1.82, 2.24) is 10.3 Å². The summed E-state index contributed by atoms with van der Waals surface area (Å²) >= 11 is 1.33. The van der Waals surface area contributed by atoms with Crippen LogP contribution in [0.25, 0.3) is 0 Å². The minimum Gasteiger partial charge on any atom is -0.351 e. The molecule has 0 saturated heterocycles. The van der Waals surface area contributed by atoms with Crippen LogP contribution in [0.5, 0.6) is 0 Å². The monoisotopic (exact) mass is 353 g/mol. The summed E-state index contributed by atoms with van der Waals surface area (Å²) in [5.74, 6) is -0.248. The summed E-state index contributed by atoms with van der Waals surface area (Å²) in [5, 5.41) is 5.01. The van der Waals surface area contributed by atoms with E-state index in [0.717, 1.165) is 5.56 Å². The van der Waals surface area contributed by atoms with E-state index in [1.165, 1.54) is 11.3 Å². The first-order valence-electron chi connectivity index (χ1n) is 7.17. The van der Waals surface area contributed by atoms with Crippen LogP contribution in [-0.2, 0) is 22.1 Å². The van der Waals surface area contributed by atoms with Gasteiger partial charge in [0.25, 0.3) is 5.91 Å². The number of hydrogen-bond acceptors (Lipinski definition) is 6. The van der Waals surface area contributed by atoms with E-state index >= 15 is 0 Å². The van der Waals surface area contributed by atoms with Gasteiger partial charge in [-0.3, -0.25) is 4.79 Å². The fourth-order valence-corrected chi connectivity index (χ4v) is 4.08. The summed E-state index contributed by atoms with van der Waals surface area (Å²) < 4.78 is 24.0. The lowest BCUT2D eigenvalue weighted by atomic mass is 10.2. The molecule has 0 unspecified atom stereocenters. The Labute approximate surface area is 139 Å². The van der Waals surface area contributed by atoms with Gasteiger partial charge < -0.3 is 11.1 Å². The van der Waals surface area contributed by atoms with Crippen molar-refractivity contribution in [1.29, 1.82) is 0 Å². The third-order valence-electron chi connectivity index (χ3n) is 3.11. The summed E-state index contributed by atoms with van der Waals surface area (Å²) in [4.78, 5) is 15.9. The number of benzene rings is 1. The molecule has 2 rings (SSSR count). The molecule has 1 amide bonds. The van der Waals surface area contributed by atoms with Gasteiger partial charge in [0, 0.05) is 18.5 Å². The van der Waals surface area contributed by atoms with E-state index in [1.807, 2.05) is 18.2 Å². The fourth-order valence-electron chi connectivity index (χ4n) is 1.99. The molecule has 2 aromatic rings. The first-order valence-corrected chi connectivity index (χ1v) is 9.87. The molecule has 8 heteroatoms. The molecule has 0 aliphatic rings. The third-order valence-corrected chi connectivity index (χ3v) is 5.66. The molecule has 0 atom stereocenters. The molecule has 3 N–H and O–H groups in total. The lowest BCUT2D eigenvalue weighted by Gasteiger charge is -2.05. The Hall–Kier alpha value is -1.77. The van der Waals surface area contributed by atoms with E-state index in [4.69, 9.17) is 5.73 Å². The maximum absolute atomic E-state index is 12.0. The lowest BCUT2D eigenvalue weighted by Crippen LogP contribution is -2.26. The second-order valence-corrected chi connectivity index (χ2v) is 8.14. The van der Waals surface area contributed by atoms with E-state index < -0.39 is 9.84 Å². The number of carbonyl (C=O) groups is 1. The van der Waals surface area contributed by atoms with Gasteiger partial charge in [0.15, 0.2) is 9.84 Å². The number of nitrogens with one attached hydrogen (secondary N) is 1. The molecule has 1 heterocycles. The number of nitrogens with two attached hydrogens (primary N) is 1. The molecule has 0 aliphatic carbocycles. The Morgan fingerprint density at radius 3 is 2.65 bits per heavy atom. The highest BCUT2D eigenvalue weighted by atomic mass is 32.2. The van der Waals surface area contributed by atoms with Gasteiger partial charge in [-0.1, -0.05) is 30.3 Å². The molecular weight excluding hydrogens is 334 g/mol. The summed E-state index contributed by atoms with van der Waals surface area (Å²) in [7, 11) is -3.18. The predicted octanol–water partition coefficient (Wildman–Crippen LogP) is 1.34. The Kier molecular flexibility index (Phi) is 6.26. The number of aromatic nitrogens is 1. The number of thiazole rings is 1. The molecule has 1 aromatic carbocycles. The molecule has 124 valence electrons. The van der Waals surface area contributed by atoms with Crippen LogP contribution in [0.15, 0.2) is 35.7 Å². The fraction of sp³-hybridized carbons (Fsp3) is 0.333. The van der Waals surface area contributed by atoms with Gasteiger partial charge in [0.1, 0.15) is 10.7 Å². The molecule has 1 aromatic heterocycles. The predicted molar refractivity (Wildman–Crippen MR) is 90.9 cm³/mol. The number of nitrogens with zero attached hydrogens (tertiary/aromatic N) is 1. The lowest BCUT2D eigenvalue weighted by molar-refractivity contribution is 0.0949. The average Bonchev–Trinajstić information content (AvgIpc) is 3.01. The van der Waals surface area contributed by atoms with Crippen LogP contribution in [0.1, 0.15) is 27.5 Å². The highest BCUT2D eigenvalue weighted by molar-refractivity contribution is 7.90. The van der Waals surface area contributed by atoms with Crippen LogP contribution in [0.4, 0.5) is 0 Å². The second kappa shape index (κ2) is 8.19. The summed E-state index contributed by atoms with van der Waals surface area (Å²) in [6, 6.07) is 9.05. The average molecular weight is 353 g/mol. The van der Waals surface area contributed by atoms with E-state index in [0.29, 0.717) is 30.2 Å². The zero-order valence-electron chi connectivity index (χ0n) is 12.6. The molecule has 23 heavy (non-hydrogen) atoms. The zero-order valence-corrected chi connectivity index (χ0v) is 14.2. The van der Waals surface area contributed by atoms with E-state index in [1.54, 1.807) is 17.5 Å². The van der Waals surface area contributed by atoms with Gasteiger partial charge in [0.2, 0.25) is 0 Å². The largest absolute Gasteiger partial charge is 0.351 e. The smallest absolute Gasteiger partial charge is 0.270 e. The molecular formula is C15H19N3O3S2. The van der Waals surface area contributed by atoms with E-state index in [-0.39, 0.29) is 17.4 Å². The van der Waals surface area contributed by atoms with Crippen LogP contribution in [0.2, 0.25) is 0 Å². The van der Waals surface area contributed by atoms with Crippen molar-refractivity contribution in [3.63, 3.8) is 0 Å². The van der Waals surface area contributed by atoms with Gasteiger partial charge in [-0.05, 0) is 12.0 Å². The van der Waals surface area contributed by atoms with Crippen molar-refractivity contribution in [3.05, 3.63) is 52.0 Å². The number of rotatable bonds is 8. The summed E-state index contributed by atoms with van der Waals surface area (Å²) in [6.07, 6.45) is 0.370. The topological polar surface area (TPSA) is 102 Å². The van der Waals surface area contributed by atoms with E-state index in [9.17, 15) is 13.2 Å². The Morgan fingerprint density at radius 1 is 1.26 bits per heavy atom. The number of sulfone groups is 1. The van der Waals surface area contributed by atoms with Crippen LogP contribution in [-0.4, -0.2) is 31.6 Å². The Morgan fingerprint density at radius 2 is 2.00 bits per heavy atom. The highest BCUT2D eigenvalue weighted by Gasteiger charge is 2.13. The van der Waals surface area contributed by atoms with Crippen molar-refractivity contribution in [3.8, 4) is 0 Å². The number of carbonyl (C=O) groups excluding carboxylic acids is 1. The van der Waals surface area contributed by atoms with E-state index in [2.05, 4.69) is 10.3 Å². The van der Waals surface area contributed by atoms with Gasteiger partial charge in [-0.2, -0.15) is 0 Å². The van der Waals surface area contributed by atoms with Crippen molar-refractivity contribution in [2.24, 2.45) is 5.73 Å². The van der Waals surface area contributed by atoms with Crippen LogP contribution < -0.4 is 11.1 Å². The van der Waals surface area contributed by atoms with Crippen molar-refractivity contribution in [2.75, 3.05) is 12.3 Å².